The van der Waals surface area contributed by atoms with Crippen molar-refractivity contribution >= 4 is 16.0 Å². The number of aromatic amines is 1. The summed E-state index contributed by atoms with van der Waals surface area (Å²) in [7, 11) is -3.82. The predicted molar refractivity (Wildman–Crippen MR) is 76.3 cm³/mol. The first kappa shape index (κ1) is 16.0. The molecule has 0 aromatic carbocycles. The van der Waals surface area contributed by atoms with Crippen LogP contribution in [0.2, 0.25) is 0 Å². The maximum atomic E-state index is 12.4. The van der Waals surface area contributed by atoms with Gasteiger partial charge in [-0.15, -0.1) is 0 Å². The molecule has 21 heavy (non-hydrogen) atoms. The Kier molecular flexibility index (Phi) is 5.00. The molecule has 118 valence electrons. The first-order chi connectivity index (χ1) is 9.95. The highest BCUT2D eigenvalue weighted by molar-refractivity contribution is 7.89. The van der Waals surface area contributed by atoms with Gasteiger partial charge in [-0.05, 0) is 32.6 Å². The van der Waals surface area contributed by atoms with Crippen molar-refractivity contribution in [2.45, 2.75) is 50.6 Å². The van der Waals surface area contributed by atoms with Crippen LogP contribution in [0, 0.1) is 5.92 Å². The van der Waals surface area contributed by atoms with Gasteiger partial charge < -0.3 is 4.74 Å². The van der Waals surface area contributed by atoms with Crippen molar-refractivity contribution < 1.29 is 17.9 Å². The van der Waals surface area contributed by atoms with E-state index in [1.807, 2.05) is 6.92 Å². The van der Waals surface area contributed by atoms with Crippen LogP contribution in [0.15, 0.2) is 11.2 Å². The van der Waals surface area contributed by atoms with Crippen molar-refractivity contribution in [1.29, 1.82) is 0 Å². The quantitative estimate of drug-likeness (QED) is 0.774. The van der Waals surface area contributed by atoms with Crippen LogP contribution in [-0.2, 0) is 14.8 Å². The van der Waals surface area contributed by atoms with E-state index in [1.54, 1.807) is 6.92 Å². The van der Waals surface area contributed by atoms with E-state index in [1.165, 1.54) is 6.20 Å². The lowest BCUT2D eigenvalue weighted by atomic mass is 10.0. The second-order valence-corrected chi connectivity index (χ2v) is 6.94. The number of H-pyrrole nitrogens is 1. The van der Waals surface area contributed by atoms with Gasteiger partial charge in [0.1, 0.15) is 5.56 Å². The second kappa shape index (κ2) is 6.57. The van der Waals surface area contributed by atoms with Crippen LogP contribution in [-0.4, -0.2) is 37.2 Å². The zero-order valence-electron chi connectivity index (χ0n) is 12.3. The summed E-state index contributed by atoms with van der Waals surface area (Å²) in [6.07, 6.45) is 5.49. The number of carbonyl (C=O) groups excluding carboxylic acids is 1. The zero-order chi connectivity index (χ0) is 15.5. The molecular weight excluding hydrogens is 294 g/mol. The first-order valence-electron chi connectivity index (χ1n) is 7.18. The zero-order valence-corrected chi connectivity index (χ0v) is 13.1. The van der Waals surface area contributed by atoms with Gasteiger partial charge in [-0.2, -0.15) is 5.10 Å². The molecule has 0 aliphatic heterocycles. The lowest BCUT2D eigenvalue weighted by molar-refractivity contribution is 0.0522. The molecular formula is C13H21N3O4S. The van der Waals surface area contributed by atoms with Crippen LogP contribution in [0.25, 0.3) is 0 Å². The summed E-state index contributed by atoms with van der Waals surface area (Å²) in [6, 6.07) is -0.171. The molecule has 1 atom stereocenters. The van der Waals surface area contributed by atoms with Crippen molar-refractivity contribution in [3.63, 3.8) is 0 Å². The molecule has 0 amide bonds. The van der Waals surface area contributed by atoms with Crippen LogP contribution in [0.4, 0.5) is 0 Å². The highest BCUT2D eigenvalue weighted by atomic mass is 32.2. The number of esters is 1. The van der Waals surface area contributed by atoms with E-state index in [4.69, 9.17) is 4.74 Å². The maximum Gasteiger partial charge on any atom is 0.342 e. The Hall–Kier alpha value is -1.41. The van der Waals surface area contributed by atoms with Gasteiger partial charge in [-0.3, -0.25) is 5.10 Å². The normalized spacial score (nSPS) is 17.8. The second-order valence-electron chi connectivity index (χ2n) is 5.29. The van der Waals surface area contributed by atoms with Gasteiger partial charge in [0.2, 0.25) is 0 Å². The van der Waals surface area contributed by atoms with Crippen molar-refractivity contribution in [3.8, 4) is 0 Å². The summed E-state index contributed by atoms with van der Waals surface area (Å²) in [5, 5.41) is 5.80. The third-order valence-electron chi connectivity index (χ3n) is 3.82. The number of carbonyl (C=O) groups is 1. The van der Waals surface area contributed by atoms with E-state index in [9.17, 15) is 13.2 Å². The van der Waals surface area contributed by atoms with Crippen molar-refractivity contribution in [2.75, 3.05) is 6.61 Å². The van der Waals surface area contributed by atoms with Gasteiger partial charge in [0.05, 0.1) is 12.8 Å². The Balaban J connectivity index is 2.16. The van der Waals surface area contributed by atoms with E-state index in [-0.39, 0.29) is 23.2 Å². The number of hydrogen-bond donors (Lipinski definition) is 2. The number of aromatic nitrogens is 2. The Labute approximate surface area is 124 Å². The molecule has 0 radical (unpaired) electrons. The van der Waals surface area contributed by atoms with Gasteiger partial charge in [-0.25, -0.2) is 17.9 Å². The Morgan fingerprint density at radius 2 is 2.19 bits per heavy atom. The molecule has 0 unspecified atom stereocenters. The summed E-state index contributed by atoms with van der Waals surface area (Å²) in [6.45, 7) is 3.69. The Morgan fingerprint density at radius 3 is 2.81 bits per heavy atom. The van der Waals surface area contributed by atoms with Crippen LogP contribution in [0.1, 0.15) is 49.9 Å². The molecule has 7 nitrogen and oxygen atoms in total. The minimum Gasteiger partial charge on any atom is -0.462 e. The standard InChI is InChI=1S/C13H21N3O4S/c1-3-20-13(17)11-8-14-15-12(11)21(18,19)16-9(2)10-6-4-5-7-10/h8-10,16H,3-7H2,1-2H3,(H,14,15)/t9-/m0/s1. The fraction of sp³-hybridized carbons (Fsp3) is 0.692. The van der Waals surface area contributed by atoms with E-state index in [0.29, 0.717) is 5.92 Å². The molecule has 0 saturated heterocycles. The minimum atomic E-state index is -3.82. The number of ether oxygens (including phenoxy) is 1. The monoisotopic (exact) mass is 315 g/mol. The van der Waals surface area contributed by atoms with Crippen LogP contribution < -0.4 is 4.72 Å². The summed E-state index contributed by atoms with van der Waals surface area (Å²) in [5.74, 6) is -0.353. The average molecular weight is 315 g/mol. The SMILES string of the molecule is CCOC(=O)c1cn[nH]c1S(=O)(=O)N[C@@H](C)C1CCCC1. The highest BCUT2D eigenvalue weighted by Crippen LogP contribution is 2.28. The smallest absolute Gasteiger partial charge is 0.342 e. The molecule has 1 aromatic heterocycles. The summed E-state index contributed by atoms with van der Waals surface area (Å²) in [5.41, 5.74) is -0.0667. The van der Waals surface area contributed by atoms with Crippen molar-refractivity contribution in [2.24, 2.45) is 5.92 Å². The van der Waals surface area contributed by atoms with Gasteiger partial charge in [-0.1, -0.05) is 12.8 Å². The molecule has 1 heterocycles. The van der Waals surface area contributed by atoms with E-state index >= 15 is 0 Å². The van der Waals surface area contributed by atoms with E-state index in [2.05, 4.69) is 14.9 Å². The van der Waals surface area contributed by atoms with Crippen molar-refractivity contribution in [3.05, 3.63) is 11.8 Å². The minimum absolute atomic E-state index is 0.0667. The summed E-state index contributed by atoms with van der Waals surface area (Å²) >= 11 is 0. The number of sulfonamides is 1. The number of rotatable bonds is 6. The van der Waals surface area contributed by atoms with E-state index in [0.717, 1.165) is 25.7 Å². The fourth-order valence-electron chi connectivity index (χ4n) is 2.69. The highest BCUT2D eigenvalue weighted by Gasteiger charge is 2.30. The average Bonchev–Trinajstić information content (AvgIpc) is 3.10. The topological polar surface area (TPSA) is 101 Å². The Bertz CT molecular complexity index is 590. The lowest BCUT2D eigenvalue weighted by Crippen LogP contribution is -2.38. The molecule has 2 rings (SSSR count). The number of hydrogen-bond acceptors (Lipinski definition) is 5. The van der Waals surface area contributed by atoms with E-state index < -0.39 is 16.0 Å². The van der Waals surface area contributed by atoms with Crippen LogP contribution in [0.5, 0.6) is 0 Å². The molecule has 1 fully saturated rings. The van der Waals surface area contributed by atoms with Crippen LogP contribution in [0.3, 0.4) is 0 Å². The summed E-state index contributed by atoms with van der Waals surface area (Å²) in [4.78, 5) is 11.7. The summed E-state index contributed by atoms with van der Waals surface area (Å²) < 4.78 is 32.3. The third-order valence-corrected chi connectivity index (χ3v) is 5.35. The predicted octanol–water partition coefficient (Wildman–Crippen LogP) is 1.44. The molecule has 2 N–H and O–H groups in total. The van der Waals surface area contributed by atoms with Gasteiger partial charge in [0.25, 0.3) is 10.0 Å². The first-order valence-corrected chi connectivity index (χ1v) is 8.67. The van der Waals surface area contributed by atoms with Gasteiger partial charge >= 0.3 is 5.97 Å². The number of nitrogens with one attached hydrogen (secondary N) is 2. The molecule has 8 heteroatoms. The van der Waals surface area contributed by atoms with Crippen LogP contribution >= 0.6 is 0 Å². The Morgan fingerprint density at radius 1 is 1.52 bits per heavy atom. The lowest BCUT2D eigenvalue weighted by Gasteiger charge is -2.19. The van der Waals surface area contributed by atoms with Gasteiger partial charge in [0, 0.05) is 6.04 Å². The molecule has 0 spiro atoms. The number of nitrogens with zero attached hydrogens (tertiary/aromatic N) is 1. The van der Waals surface area contributed by atoms with Gasteiger partial charge in [0.15, 0.2) is 5.03 Å². The molecule has 0 bridgehead atoms. The third kappa shape index (κ3) is 3.62. The fourth-order valence-corrected chi connectivity index (χ4v) is 4.09. The molecule has 1 saturated carbocycles. The van der Waals surface area contributed by atoms with Crippen molar-refractivity contribution in [1.82, 2.24) is 14.9 Å². The molecule has 1 aliphatic rings. The largest absolute Gasteiger partial charge is 0.462 e. The molecule has 1 aliphatic carbocycles. The maximum absolute atomic E-state index is 12.4. The molecule has 1 aromatic rings.